The summed E-state index contributed by atoms with van der Waals surface area (Å²) in [5.74, 6) is 0.402. The zero-order valence-electron chi connectivity index (χ0n) is 10.6. The Morgan fingerprint density at radius 1 is 1.00 bits per heavy atom. The Labute approximate surface area is 117 Å². The number of hydrogen-bond acceptors (Lipinski definition) is 2. The number of aromatic nitrogens is 1. The molecule has 0 saturated heterocycles. The second-order valence-electron chi connectivity index (χ2n) is 4.39. The Bertz CT molecular complexity index is 482. The maximum absolute atomic E-state index is 4.07. The van der Waals surface area contributed by atoms with Gasteiger partial charge in [0.2, 0.25) is 0 Å². The normalized spacial score (nSPS) is 14.2. The third-order valence-corrected chi connectivity index (χ3v) is 3.80. The van der Waals surface area contributed by atoms with Crippen LogP contribution in [0.1, 0.15) is 30.0 Å². The molecule has 0 saturated carbocycles. The minimum absolute atomic E-state index is 0.306. The van der Waals surface area contributed by atoms with Crippen LogP contribution < -0.4 is 5.32 Å². The molecule has 0 bridgehead atoms. The monoisotopic (exact) mass is 304 g/mol. The van der Waals surface area contributed by atoms with E-state index < -0.39 is 0 Å². The molecule has 18 heavy (non-hydrogen) atoms. The van der Waals surface area contributed by atoms with E-state index >= 15 is 0 Å². The number of likely N-dealkylation sites (N-methyl/N-ethyl adjacent to an activating group) is 1. The smallest absolute Gasteiger partial charge is 0.0384 e. The Balaban J connectivity index is 2.26. The molecule has 0 spiro atoms. The van der Waals surface area contributed by atoms with Crippen LogP contribution in [0, 0.1) is 0 Å². The summed E-state index contributed by atoms with van der Waals surface area (Å²) in [5, 5.41) is 3.40. The van der Waals surface area contributed by atoms with Gasteiger partial charge in [0.25, 0.3) is 0 Å². The summed E-state index contributed by atoms with van der Waals surface area (Å²) in [6, 6.07) is 12.9. The lowest BCUT2D eigenvalue weighted by molar-refractivity contribution is 0.507. The molecule has 0 radical (unpaired) electrons. The second-order valence-corrected chi connectivity index (χ2v) is 5.30. The zero-order valence-corrected chi connectivity index (χ0v) is 12.2. The molecule has 2 rings (SSSR count). The topological polar surface area (TPSA) is 24.9 Å². The van der Waals surface area contributed by atoms with E-state index in [0.717, 1.165) is 4.47 Å². The number of rotatable bonds is 4. The summed E-state index contributed by atoms with van der Waals surface area (Å²) in [4.78, 5) is 4.07. The SMILES string of the molecule is CNC(c1ccc(Br)cc1)C(C)c1ccncc1. The molecule has 3 heteroatoms. The van der Waals surface area contributed by atoms with Crippen LogP contribution >= 0.6 is 15.9 Å². The van der Waals surface area contributed by atoms with Gasteiger partial charge in [-0.05, 0) is 42.4 Å². The highest BCUT2D eigenvalue weighted by Crippen LogP contribution is 2.30. The van der Waals surface area contributed by atoms with E-state index in [1.807, 2.05) is 19.4 Å². The summed E-state index contributed by atoms with van der Waals surface area (Å²) in [5.41, 5.74) is 2.59. The highest BCUT2D eigenvalue weighted by atomic mass is 79.9. The lowest BCUT2D eigenvalue weighted by atomic mass is 9.89. The van der Waals surface area contributed by atoms with Crippen LogP contribution in [0.3, 0.4) is 0 Å². The Hall–Kier alpha value is -1.19. The fourth-order valence-corrected chi connectivity index (χ4v) is 2.50. The van der Waals surface area contributed by atoms with Gasteiger partial charge in [-0.25, -0.2) is 0 Å². The van der Waals surface area contributed by atoms with Crippen molar-refractivity contribution < 1.29 is 0 Å². The average Bonchev–Trinajstić information content (AvgIpc) is 2.42. The zero-order chi connectivity index (χ0) is 13.0. The molecule has 94 valence electrons. The third kappa shape index (κ3) is 2.98. The quantitative estimate of drug-likeness (QED) is 0.926. The largest absolute Gasteiger partial charge is 0.312 e. The lowest BCUT2D eigenvalue weighted by Crippen LogP contribution is -2.22. The van der Waals surface area contributed by atoms with Gasteiger partial charge in [0.15, 0.2) is 0 Å². The minimum atomic E-state index is 0.306. The molecule has 1 aromatic heterocycles. The first-order chi connectivity index (χ1) is 8.72. The molecule has 2 aromatic rings. The fourth-order valence-electron chi connectivity index (χ4n) is 2.23. The molecule has 2 atom stereocenters. The van der Waals surface area contributed by atoms with Gasteiger partial charge in [-0.3, -0.25) is 4.98 Å². The summed E-state index contributed by atoms with van der Waals surface area (Å²) in [7, 11) is 2.00. The van der Waals surface area contributed by atoms with Gasteiger partial charge in [0.1, 0.15) is 0 Å². The molecule has 2 nitrogen and oxygen atoms in total. The number of benzene rings is 1. The Morgan fingerprint density at radius 2 is 1.61 bits per heavy atom. The fraction of sp³-hybridized carbons (Fsp3) is 0.267. The van der Waals surface area contributed by atoms with Crippen molar-refractivity contribution in [3.05, 3.63) is 64.4 Å². The van der Waals surface area contributed by atoms with Gasteiger partial charge in [-0.15, -0.1) is 0 Å². The van der Waals surface area contributed by atoms with Crippen molar-refractivity contribution in [3.8, 4) is 0 Å². The van der Waals surface area contributed by atoms with Crippen molar-refractivity contribution in [3.63, 3.8) is 0 Å². The number of nitrogens with one attached hydrogen (secondary N) is 1. The van der Waals surface area contributed by atoms with Crippen LogP contribution in [0.5, 0.6) is 0 Å². The van der Waals surface area contributed by atoms with E-state index in [9.17, 15) is 0 Å². The van der Waals surface area contributed by atoms with E-state index in [-0.39, 0.29) is 0 Å². The van der Waals surface area contributed by atoms with Gasteiger partial charge < -0.3 is 5.32 Å². The van der Waals surface area contributed by atoms with E-state index in [1.165, 1.54) is 11.1 Å². The summed E-state index contributed by atoms with van der Waals surface area (Å²) in [6.07, 6.45) is 3.69. The van der Waals surface area contributed by atoms with Crippen molar-refractivity contribution in [1.82, 2.24) is 10.3 Å². The summed E-state index contributed by atoms with van der Waals surface area (Å²) in [6.45, 7) is 2.23. The molecule has 0 amide bonds. The molecular weight excluding hydrogens is 288 g/mol. The molecule has 2 unspecified atom stereocenters. The molecule has 1 heterocycles. The van der Waals surface area contributed by atoms with Crippen molar-refractivity contribution in [2.75, 3.05) is 7.05 Å². The molecule has 1 N–H and O–H groups in total. The number of nitrogens with zero attached hydrogens (tertiary/aromatic N) is 1. The van der Waals surface area contributed by atoms with Gasteiger partial charge in [0.05, 0.1) is 0 Å². The highest BCUT2D eigenvalue weighted by molar-refractivity contribution is 9.10. The first-order valence-corrected chi connectivity index (χ1v) is 6.84. The first-order valence-electron chi connectivity index (χ1n) is 6.05. The van der Waals surface area contributed by atoms with E-state index in [4.69, 9.17) is 0 Å². The summed E-state index contributed by atoms with van der Waals surface area (Å²) >= 11 is 3.47. The molecule has 0 aliphatic rings. The van der Waals surface area contributed by atoms with Crippen molar-refractivity contribution in [2.45, 2.75) is 18.9 Å². The maximum atomic E-state index is 4.07. The molecular formula is C15H17BrN2. The number of halogens is 1. The maximum Gasteiger partial charge on any atom is 0.0384 e. The van der Waals surface area contributed by atoms with Crippen molar-refractivity contribution in [1.29, 1.82) is 0 Å². The van der Waals surface area contributed by atoms with Crippen LogP contribution in [0.2, 0.25) is 0 Å². The third-order valence-electron chi connectivity index (χ3n) is 3.27. The van der Waals surface area contributed by atoms with E-state index in [2.05, 4.69) is 69.6 Å². The first kappa shape index (κ1) is 13.2. The standard InChI is InChI=1S/C15H17BrN2/c1-11(12-7-9-18-10-8-12)15(17-2)13-3-5-14(16)6-4-13/h3-11,15,17H,1-2H3. The Morgan fingerprint density at radius 3 is 2.17 bits per heavy atom. The average molecular weight is 305 g/mol. The second kappa shape index (κ2) is 6.12. The lowest BCUT2D eigenvalue weighted by Gasteiger charge is -2.24. The van der Waals surface area contributed by atoms with Gasteiger partial charge in [0, 0.05) is 28.8 Å². The molecule has 0 fully saturated rings. The Kier molecular flexibility index (Phi) is 4.50. The summed E-state index contributed by atoms with van der Waals surface area (Å²) < 4.78 is 1.11. The number of pyridine rings is 1. The molecule has 0 aliphatic carbocycles. The molecule has 0 aliphatic heterocycles. The van der Waals surface area contributed by atoms with Crippen LogP contribution in [-0.4, -0.2) is 12.0 Å². The van der Waals surface area contributed by atoms with Crippen molar-refractivity contribution in [2.24, 2.45) is 0 Å². The van der Waals surface area contributed by atoms with Crippen LogP contribution in [0.25, 0.3) is 0 Å². The van der Waals surface area contributed by atoms with Crippen molar-refractivity contribution >= 4 is 15.9 Å². The highest BCUT2D eigenvalue weighted by Gasteiger charge is 2.18. The van der Waals surface area contributed by atoms with Gasteiger partial charge in [-0.1, -0.05) is 35.0 Å². The van der Waals surface area contributed by atoms with Crippen LogP contribution in [-0.2, 0) is 0 Å². The predicted octanol–water partition coefficient (Wildman–Crippen LogP) is 3.91. The molecule has 1 aromatic carbocycles. The van der Waals surface area contributed by atoms with Crippen LogP contribution in [0.15, 0.2) is 53.3 Å². The van der Waals surface area contributed by atoms with E-state index in [1.54, 1.807) is 0 Å². The van der Waals surface area contributed by atoms with E-state index in [0.29, 0.717) is 12.0 Å². The van der Waals surface area contributed by atoms with Gasteiger partial charge >= 0.3 is 0 Å². The number of hydrogen-bond donors (Lipinski definition) is 1. The predicted molar refractivity (Wildman–Crippen MR) is 78.6 cm³/mol. The minimum Gasteiger partial charge on any atom is -0.312 e. The van der Waals surface area contributed by atoms with Crippen LogP contribution in [0.4, 0.5) is 0 Å². The van der Waals surface area contributed by atoms with Gasteiger partial charge in [-0.2, -0.15) is 0 Å².